The number of hydrogen-bond acceptors (Lipinski definition) is 3. The van der Waals surface area contributed by atoms with E-state index in [-0.39, 0.29) is 13.0 Å². The topological polar surface area (TPSA) is 63.6 Å². The number of allylic oxidation sites excluding steroid dienone is 1. The molecule has 1 unspecified atom stereocenters. The molecule has 0 radical (unpaired) electrons. The van der Waals surface area contributed by atoms with Gasteiger partial charge in [0.1, 0.15) is 6.61 Å². The Morgan fingerprint density at radius 1 is 0.724 bits per heavy atom. The molecule has 0 fully saturated rings. The zero-order valence-electron chi connectivity index (χ0n) is 18.5. The van der Waals surface area contributed by atoms with Gasteiger partial charge in [0.15, 0.2) is 0 Å². The van der Waals surface area contributed by atoms with E-state index in [2.05, 4.69) is 13.2 Å². The number of carboxylic acids is 1. The quantitative estimate of drug-likeness (QED) is 0.116. The number of carbonyl (C=O) groups excluding carboxylic acids is 1. The minimum atomic E-state index is -0.905. The highest BCUT2D eigenvalue weighted by Crippen LogP contribution is 2.17. The van der Waals surface area contributed by atoms with Crippen LogP contribution >= 0.6 is 0 Å². The van der Waals surface area contributed by atoms with Gasteiger partial charge in [0.25, 0.3) is 0 Å². The normalized spacial score (nSPS) is 11.7. The highest BCUT2D eigenvalue weighted by Gasteiger charge is 2.21. The average molecular weight is 409 g/mol. The molecule has 0 aromatic carbocycles. The van der Waals surface area contributed by atoms with Gasteiger partial charge in [-0.05, 0) is 19.3 Å². The highest BCUT2D eigenvalue weighted by atomic mass is 16.5. The average Bonchev–Trinajstić information content (AvgIpc) is 2.70. The number of ether oxygens (including phenoxy) is 1. The summed E-state index contributed by atoms with van der Waals surface area (Å²) in [4.78, 5) is 22.8. The summed E-state index contributed by atoms with van der Waals surface area (Å²) >= 11 is 0. The summed E-state index contributed by atoms with van der Waals surface area (Å²) in [5.41, 5.74) is 0. The fourth-order valence-electron chi connectivity index (χ4n) is 3.53. The van der Waals surface area contributed by atoms with Gasteiger partial charge in [-0.15, -0.1) is 6.58 Å². The molecule has 1 N–H and O–H groups in total. The largest absolute Gasteiger partial charge is 0.481 e. The number of rotatable bonds is 22. The van der Waals surface area contributed by atoms with Crippen molar-refractivity contribution >= 4 is 11.9 Å². The van der Waals surface area contributed by atoms with Crippen LogP contribution in [0.5, 0.6) is 0 Å². The molecular formula is C25H44O4. The Kier molecular flexibility index (Phi) is 20.0. The SMILES string of the molecule is C=CCCCCCCCCCCCCCCCCC(CC(=O)OCC=C)C(=O)O. The smallest absolute Gasteiger partial charge is 0.307 e. The standard InChI is InChI=1S/C25H44O4/c1-3-5-6-7-8-9-10-11-12-13-14-15-16-17-18-19-20-23(25(27)28)22-24(26)29-21-4-2/h3-4,23H,1-2,5-22H2,(H,27,28). The first-order chi connectivity index (χ1) is 14.1. The number of unbranched alkanes of at least 4 members (excludes halogenated alkanes) is 14. The van der Waals surface area contributed by atoms with Crippen molar-refractivity contribution in [3.8, 4) is 0 Å². The summed E-state index contributed by atoms with van der Waals surface area (Å²) in [6.45, 7) is 7.37. The van der Waals surface area contributed by atoms with E-state index in [4.69, 9.17) is 4.74 Å². The van der Waals surface area contributed by atoms with Crippen LogP contribution in [0, 0.1) is 5.92 Å². The molecule has 0 saturated heterocycles. The lowest BCUT2D eigenvalue weighted by Gasteiger charge is -2.11. The van der Waals surface area contributed by atoms with E-state index in [1.54, 1.807) is 0 Å². The van der Waals surface area contributed by atoms with Crippen molar-refractivity contribution in [2.75, 3.05) is 6.61 Å². The second-order valence-electron chi connectivity index (χ2n) is 8.03. The molecule has 0 heterocycles. The number of hydrogen-bond donors (Lipinski definition) is 1. The summed E-state index contributed by atoms with van der Waals surface area (Å²) < 4.78 is 4.88. The van der Waals surface area contributed by atoms with E-state index in [0.29, 0.717) is 6.42 Å². The molecule has 0 aromatic rings. The lowest BCUT2D eigenvalue weighted by molar-refractivity contribution is -0.151. The third-order valence-electron chi connectivity index (χ3n) is 5.34. The zero-order chi connectivity index (χ0) is 21.6. The van der Waals surface area contributed by atoms with Crippen LogP contribution in [0.15, 0.2) is 25.3 Å². The third-order valence-corrected chi connectivity index (χ3v) is 5.34. The van der Waals surface area contributed by atoms with Gasteiger partial charge in [-0.25, -0.2) is 0 Å². The van der Waals surface area contributed by atoms with Crippen LogP contribution in [0.3, 0.4) is 0 Å². The molecule has 4 heteroatoms. The molecule has 4 nitrogen and oxygen atoms in total. The van der Waals surface area contributed by atoms with Crippen molar-refractivity contribution in [1.82, 2.24) is 0 Å². The Morgan fingerprint density at radius 2 is 1.17 bits per heavy atom. The van der Waals surface area contributed by atoms with Gasteiger partial charge in [0.2, 0.25) is 0 Å². The predicted octanol–water partition coefficient (Wildman–Crippen LogP) is 7.23. The first-order valence-electron chi connectivity index (χ1n) is 11.7. The van der Waals surface area contributed by atoms with E-state index >= 15 is 0 Å². The van der Waals surface area contributed by atoms with Crippen LogP contribution in [-0.4, -0.2) is 23.7 Å². The van der Waals surface area contributed by atoms with Crippen LogP contribution in [0.2, 0.25) is 0 Å². The number of esters is 1. The van der Waals surface area contributed by atoms with Crippen LogP contribution in [0.1, 0.15) is 109 Å². The Bertz CT molecular complexity index is 431. The Morgan fingerprint density at radius 3 is 1.59 bits per heavy atom. The molecule has 0 saturated carbocycles. The van der Waals surface area contributed by atoms with Crippen LogP contribution < -0.4 is 0 Å². The van der Waals surface area contributed by atoms with E-state index in [0.717, 1.165) is 25.7 Å². The van der Waals surface area contributed by atoms with Gasteiger partial charge in [0, 0.05) is 0 Å². The Balaban J connectivity index is 3.44. The maximum atomic E-state index is 11.6. The van der Waals surface area contributed by atoms with E-state index < -0.39 is 17.9 Å². The van der Waals surface area contributed by atoms with Gasteiger partial charge in [-0.3, -0.25) is 9.59 Å². The zero-order valence-corrected chi connectivity index (χ0v) is 18.5. The van der Waals surface area contributed by atoms with Crippen LogP contribution in [-0.2, 0) is 14.3 Å². The second kappa shape index (κ2) is 21.1. The number of carbonyl (C=O) groups is 2. The second-order valence-corrected chi connectivity index (χ2v) is 8.03. The molecule has 0 bridgehead atoms. The van der Waals surface area contributed by atoms with Gasteiger partial charge in [-0.1, -0.05) is 102 Å². The summed E-state index contributed by atoms with van der Waals surface area (Å²) in [6.07, 6.45) is 22.8. The molecule has 0 aliphatic carbocycles. The van der Waals surface area contributed by atoms with Gasteiger partial charge in [0.05, 0.1) is 12.3 Å². The molecule has 1 atom stereocenters. The lowest BCUT2D eigenvalue weighted by Crippen LogP contribution is -2.19. The van der Waals surface area contributed by atoms with E-state index in [1.807, 2.05) is 6.08 Å². The minimum absolute atomic E-state index is 0.0437. The first kappa shape index (κ1) is 27.4. The molecular weight excluding hydrogens is 364 g/mol. The molecule has 0 rings (SSSR count). The van der Waals surface area contributed by atoms with E-state index in [1.165, 1.54) is 76.7 Å². The molecule has 0 aliphatic heterocycles. The summed E-state index contributed by atoms with van der Waals surface area (Å²) in [5.74, 6) is -1.99. The summed E-state index contributed by atoms with van der Waals surface area (Å²) in [7, 11) is 0. The summed E-state index contributed by atoms with van der Waals surface area (Å²) in [6, 6.07) is 0. The van der Waals surface area contributed by atoms with E-state index in [9.17, 15) is 14.7 Å². The van der Waals surface area contributed by atoms with Crippen molar-refractivity contribution in [3.63, 3.8) is 0 Å². The molecule has 0 aliphatic rings. The molecule has 0 spiro atoms. The summed E-state index contributed by atoms with van der Waals surface area (Å²) in [5, 5.41) is 9.24. The van der Waals surface area contributed by atoms with Crippen molar-refractivity contribution in [2.45, 2.75) is 109 Å². The van der Waals surface area contributed by atoms with Crippen LogP contribution in [0.25, 0.3) is 0 Å². The molecule has 0 aromatic heterocycles. The molecule has 0 amide bonds. The Labute approximate surface area is 178 Å². The predicted molar refractivity (Wildman–Crippen MR) is 121 cm³/mol. The van der Waals surface area contributed by atoms with Crippen LogP contribution in [0.4, 0.5) is 0 Å². The maximum absolute atomic E-state index is 11.6. The number of aliphatic carboxylic acids is 1. The maximum Gasteiger partial charge on any atom is 0.307 e. The lowest BCUT2D eigenvalue weighted by atomic mass is 9.97. The van der Waals surface area contributed by atoms with Crippen molar-refractivity contribution in [2.24, 2.45) is 5.92 Å². The highest BCUT2D eigenvalue weighted by molar-refractivity contribution is 5.78. The van der Waals surface area contributed by atoms with Gasteiger partial charge < -0.3 is 9.84 Å². The van der Waals surface area contributed by atoms with Gasteiger partial charge in [-0.2, -0.15) is 0 Å². The van der Waals surface area contributed by atoms with Crippen molar-refractivity contribution < 1.29 is 19.4 Å². The van der Waals surface area contributed by atoms with Crippen molar-refractivity contribution in [1.29, 1.82) is 0 Å². The fourth-order valence-corrected chi connectivity index (χ4v) is 3.53. The molecule has 168 valence electrons. The number of carboxylic acid groups (broad SMARTS) is 1. The fraction of sp³-hybridized carbons (Fsp3) is 0.760. The third kappa shape index (κ3) is 19.5. The molecule has 29 heavy (non-hydrogen) atoms. The monoisotopic (exact) mass is 408 g/mol. The Hall–Kier alpha value is -1.58. The van der Waals surface area contributed by atoms with Crippen molar-refractivity contribution in [3.05, 3.63) is 25.3 Å². The van der Waals surface area contributed by atoms with Gasteiger partial charge >= 0.3 is 11.9 Å². The first-order valence-corrected chi connectivity index (χ1v) is 11.7. The minimum Gasteiger partial charge on any atom is -0.481 e.